The molecular formula is C26H27BrF2N6O4. The van der Waals surface area contributed by atoms with Crippen molar-refractivity contribution in [3.63, 3.8) is 0 Å². The average molecular weight is 605 g/mol. The summed E-state index contributed by atoms with van der Waals surface area (Å²) >= 11 is 3.52. The van der Waals surface area contributed by atoms with Gasteiger partial charge in [0.25, 0.3) is 5.89 Å². The highest BCUT2D eigenvalue weighted by atomic mass is 79.9. The first-order valence-corrected chi connectivity index (χ1v) is 13.2. The minimum atomic E-state index is -2.85. The van der Waals surface area contributed by atoms with Gasteiger partial charge < -0.3 is 14.1 Å². The third-order valence-electron chi connectivity index (χ3n) is 6.43. The van der Waals surface area contributed by atoms with Gasteiger partial charge in [-0.15, -0.1) is 10.2 Å². The molecule has 4 heterocycles. The molecule has 1 fully saturated rings. The van der Waals surface area contributed by atoms with Gasteiger partial charge in [-0.3, -0.25) is 14.1 Å². The third-order valence-corrected chi connectivity index (χ3v) is 6.92. The van der Waals surface area contributed by atoms with E-state index in [-0.39, 0.29) is 30.3 Å². The lowest BCUT2D eigenvalue weighted by molar-refractivity contribution is 0.0188. The topological polar surface area (TPSA) is 108 Å². The fourth-order valence-electron chi connectivity index (χ4n) is 4.64. The first kappa shape index (κ1) is 27.0. The molecule has 0 atom stereocenters. The zero-order valence-corrected chi connectivity index (χ0v) is 23.2. The van der Waals surface area contributed by atoms with Crippen LogP contribution in [0.15, 0.2) is 50.2 Å². The molecule has 1 aliphatic heterocycles. The maximum absolute atomic E-state index is 13.7. The molecule has 0 spiro atoms. The van der Waals surface area contributed by atoms with Gasteiger partial charge in [0.15, 0.2) is 0 Å². The molecule has 39 heavy (non-hydrogen) atoms. The van der Waals surface area contributed by atoms with Gasteiger partial charge in [0.05, 0.1) is 28.8 Å². The lowest BCUT2D eigenvalue weighted by Crippen LogP contribution is -2.43. The highest BCUT2D eigenvalue weighted by Crippen LogP contribution is 2.29. The van der Waals surface area contributed by atoms with Gasteiger partial charge in [0, 0.05) is 29.8 Å². The number of benzene rings is 1. The van der Waals surface area contributed by atoms with Crippen molar-refractivity contribution in [3.05, 3.63) is 63.1 Å². The van der Waals surface area contributed by atoms with Crippen LogP contribution in [0.3, 0.4) is 0 Å². The molecule has 0 unspecified atom stereocenters. The average Bonchev–Trinajstić information content (AvgIpc) is 3.47. The predicted octanol–water partition coefficient (Wildman–Crippen LogP) is 5.57. The quantitative estimate of drug-likeness (QED) is 0.293. The lowest BCUT2D eigenvalue weighted by Gasteiger charge is -2.33. The molecule has 0 N–H and O–H groups in total. The lowest BCUT2D eigenvalue weighted by atomic mass is 10.0. The van der Waals surface area contributed by atoms with Crippen LogP contribution >= 0.6 is 15.9 Å². The van der Waals surface area contributed by atoms with Crippen LogP contribution in [0.1, 0.15) is 57.7 Å². The number of fused-ring (bicyclic) bond motifs is 1. The summed E-state index contributed by atoms with van der Waals surface area (Å²) in [6, 6.07) is 8.91. The van der Waals surface area contributed by atoms with Crippen LogP contribution in [-0.4, -0.2) is 54.0 Å². The van der Waals surface area contributed by atoms with E-state index in [4.69, 9.17) is 9.15 Å². The Balaban J connectivity index is 1.39. The minimum Gasteiger partial charge on any atom is -0.444 e. The predicted molar refractivity (Wildman–Crippen MR) is 142 cm³/mol. The van der Waals surface area contributed by atoms with Gasteiger partial charge >= 0.3 is 18.2 Å². The number of piperidine rings is 1. The molecule has 1 aliphatic rings. The van der Waals surface area contributed by atoms with Crippen molar-refractivity contribution in [3.8, 4) is 11.5 Å². The van der Waals surface area contributed by atoms with Gasteiger partial charge in [0.1, 0.15) is 5.60 Å². The van der Waals surface area contributed by atoms with Crippen LogP contribution in [-0.2, 0) is 11.3 Å². The Morgan fingerprint density at radius 1 is 1.15 bits per heavy atom. The van der Waals surface area contributed by atoms with E-state index < -0.39 is 17.9 Å². The summed E-state index contributed by atoms with van der Waals surface area (Å²) in [5.74, 6) is -0.808. The normalized spacial score (nSPS) is 14.9. The van der Waals surface area contributed by atoms with Crippen molar-refractivity contribution in [1.82, 2.24) is 29.2 Å². The molecule has 5 rings (SSSR count). The van der Waals surface area contributed by atoms with E-state index in [9.17, 15) is 18.4 Å². The molecule has 1 amide bonds. The number of ether oxygens (including phenoxy) is 1. The molecule has 0 bridgehead atoms. The molecule has 0 aliphatic carbocycles. The smallest absolute Gasteiger partial charge is 0.410 e. The highest BCUT2D eigenvalue weighted by Gasteiger charge is 2.30. The second-order valence-electron chi connectivity index (χ2n) is 10.4. The number of amides is 1. The summed E-state index contributed by atoms with van der Waals surface area (Å²) in [5.41, 5.74) is 1.78. The van der Waals surface area contributed by atoms with Crippen LogP contribution in [0.25, 0.3) is 22.5 Å². The standard InChI is InChI=1S/C26H27BrF2N6O4/c1-26(2,3)39-25(37)33-10-8-18(9-11-33)35-20-12-16(27)5-7-19(20)34(24(35)36)14-17-6-4-15(13-30-17)22-31-32-23(38-22)21(28)29/h4-7,12-13,18,21H,8-11,14H2,1-3H3. The first-order valence-electron chi connectivity index (χ1n) is 12.5. The summed E-state index contributed by atoms with van der Waals surface area (Å²) in [4.78, 5) is 32.3. The van der Waals surface area contributed by atoms with Crippen LogP contribution in [0, 0.1) is 0 Å². The van der Waals surface area contributed by atoms with Crippen molar-refractivity contribution in [2.24, 2.45) is 0 Å². The van der Waals surface area contributed by atoms with Crippen molar-refractivity contribution >= 4 is 33.1 Å². The van der Waals surface area contributed by atoms with E-state index in [0.717, 1.165) is 15.5 Å². The van der Waals surface area contributed by atoms with Crippen LogP contribution in [0.2, 0.25) is 0 Å². The largest absolute Gasteiger partial charge is 0.444 e. The van der Waals surface area contributed by atoms with Gasteiger partial charge in [-0.05, 0) is 63.9 Å². The van der Waals surface area contributed by atoms with E-state index in [1.54, 1.807) is 26.2 Å². The molecule has 13 heteroatoms. The number of imidazole rings is 1. The maximum atomic E-state index is 13.7. The minimum absolute atomic E-state index is 0.0549. The zero-order chi connectivity index (χ0) is 27.9. The highest BCUT2D eigenvalue weighted by molar-refractivity contribution is 9.10. The molecule has 3 aromatic heterocycles. The summed E-state index contributed by atoms with van der Waals surface area (Å²) in [6.45, 7) is 6.67. The van der Waals surface area contributed by atoms with E-state index in [1.165, 1.54) is 6.20 Å². The van der Waals surface area contributed by atoms with Crippen LogP contribution < -0.4 is 5.69 Å². The number of rotatable bonds is 5. The van der Waals surface area contributed by atoms with Gasteiger partial charge in [-0.25, -0.2) is 9.59 Å². The Bertz CT molecular complexity index is 1550. The molecule has 0 radical (unpaired) electrons. The fraction of sp³-hybridized carbons (Fsp3) is 0.423. The molecule has 10 nitrogen and oxygen atoms in total. The SMILES string of the molecule is CC(C)(C)OC(=O)N1CCC(n2c(=O)n(Cc3ccc(-c4nnc(C(F)F)o4)cn3)c3ccc(Br)cc32)CC1. The van der Waals surface area contributed by atoms with Gasteiger partial charge in [-0.2, -0.15) is 8.78 Å². The van der Waals surface area contributed by atoms with Crippen molar-refractivity contribution in [2.75, 3.05) is 13.1 Å². The molecule has 1 saturated heterocycles. The summed E-state index contributed by atoms with van der Waals surface area (Å²) in [5, 5.41) is 6.98. The molecule has 1 aromatic carbocycles. The molecule has 4 aromatic rings. The summed E-state index contributed by atoms with van der Waals surface area (Å²) < 4.78 is 40.3. The molecular weight excluding hydrogens is 578 g/mol. The Morgan fingerprint density at radius 3 is 2.51 bits per heavy atom. The number of alkyl halides is 2. The number of pyridine rings is 1. The van der Waals surface area contributed by atoms with Gasteiger partial charge in [0.2, 0.25) is 5.89 Å². The number of carbonyl (C=O) groups is 1. The third kappa shape index (κ3) is 5.72. The Labute approximate surface area is 230 Å². The number of halogens is 3. The monoisotopic (exact) mass is 604 g/mol. The van der Waals surface area contributed by atoms with E-state index in [0.29, 0.717) is 37.2 Å². The Hall–Kier alpha value is -3.61. The fourth-order valence-corrected chi connectivity index (χ4v) is 4.99. The van der Waals surface area contributed by atoms with E-state index >= 15 is 0 Å². The first-order chi connectivity index (χ1) is 18.5. The number of nitrogens with zero attached hydrogens (tertiary/aromatic N) is 6. The Morgan fingerprint density at radius 2 is 1.90 bits per heavy atom. The number of carbonyl (C=O) groups excluding carboxylic acids is 1. The molecule has 0 saturated carbocycles. The number of likely N-dealkylation sites (tertiary alicyclic amines) is 1. The van der Waals surface area contributed by atoms with Crippen molar-refractivity contribution < 1.29 is 22.7 Å². The summed E-state index contributed by atoms with van der Waals surface area (Å²) in [6.07, 6.45) is -0.526. The second-order valence-corrected chi connectivity index (χ2v) is 11.3. The van der Waals surface area contributed by atoms with E-state index in [2.05, 4.69) is 31.1 Å². The zero-order valence-electron chi connectivity index (χ0n) is 21.6. The van der Waals surface area contributed by atoms with Crippen molar-refractivity contribution in [2.45, 2.75) is 58.2 Å². The van der Waals surface area contributed by atoms with Crippen molar-refractivity contribution in [1.29, 1.82) is 0 Å². The number of hydrogen-bond acceptors (Lipinski definition) is 7. The van der Waals surface area contributed by atoms with Crippen LogP contribution in [0.5, 0.6) is 0 Å². The Kier molecular flexibility index (Phi) is 7.27. The summed E-state index contributed by atoms with van der Waals surface area (Å²) in [7, 11) is 0. The molecule has 206 valence electrons. The van der Waals surface area contributed by atoms with Crippen LogP contribution in [0.4, 0.5) is 13.6 Å². The van der Waals surface area contributed by atoms with Gasteiger partial charge in [-0.1, -0.05) is 15.9 Å². The van der Waals surface area contributed by atoms with E-state index in [1.807, 2.05) is 39.0 Å². The number of hydrogen-bond donors (Lipinski definition) is 0. The maximum Gasteiger partial charge on any atom is 0.410 e. The number of aromatic nitrogens is 5. The second kappa shape index (κ2) is 10.5.